The van der Waals surface area contributed by atoms with Gasteiger partial charge in [-0.3, -0.25) is 4.99 Å². The van der Waals surface area contributed by atoms with Crippen molar-refractivity contribution in [1.29, 1.82) is 0 Å². The quantitative estimate of drug-likeness (QED) is 0.239. The highest BCUT2D eigenvalue weighted by molar-refractivity contribution is 5.83. The molecule has 26 heavy (non-hydrogen) atoms. The van der Waals surface area contributed by atoms with Gasteiger partial charge in [-0.25, -0.2) is 0 Å². The monoisotopic (exact) mass is 363 g/mol. The summed E-state index contributed by atoms with van der Waals surface area (Å²) in [6.45, 7) is 6.27. The van der Waals surface area contributed by atoms with Crippen LogP contribution in [0.3, 0.4) is 0 Å². The molecular formula is C23H45N3. The van der Waals surface area contributed by atoms with Crippen molar-refractivity contribution in [3.8, 4) is 0 Å². The predicted octanol–water partition coefficient (Wildman–Crippen LogP) is 6.43. The molecule has 0 aromatic rings. The molecule has 0 aromatic carbocycles. The van der Waals surface area contributed by atoms with Crippen molar-refractivity contribution in [2.45, 2.75) is 116 Å². The van der Waals surface area contributed by atoms with E-state index in [-0.39, 0.29) is 6.17 Å². The van der Waals surface area contributed by atoms with E-state index in [9.17, 15) is 0 Å². The summed E-state index contributed by atoms with van der Waals surface area (Å²) >= 11 is 0. The summed E-state index contributed by atoms with van der Waals surface area (Å²) in [5, 5.41) is 0. The molecule has 1 aliphatic rings. The first-order valence-corrected chi connectivity index (χ1v) is 11.5. The maximum Gasteiger partial charge on any atom is 0.100 e. The van der Waals surface area contributed by atoms with Gasteiger partial charge in [-0.15, -0.1) is 0 Å². The third-order valence-corrected chi connectivity index (χ3v) is 5.37. The van der Waals surface area contributed by atoms with E-state index in [1.807, 2.05) is 0 Å². The van der Waals surface area contributed by atoms with Crippen LogP contribution in [-0.4, -0.2) is 30.0 Å². The molecule has 0 fully saturated rings. The van der Waals surface area contributed by atoms with Gasteiger partial charge in [0, 0.05) is 13.0 Å². The Morgan fingerprint density at radius 2 is 1.42 bits per heavy atom. The van der Waals surface area contributed by atoms with Crippen LogP contribution in [0.5, 0.6) is 0 Å². The number of nitrogens with two attached hydrogens (primary N) is 1. The maximum absolute atomic E-state index is 5.98. The first-order valence-electron chi connectivity index (χ1n) is 11.5. The molecule has 1 unspecified atom stereocenters. The van der Waals surface area contributed by atoms with Gasteiger partial charge >= 0.3 is 0 Å². The van der Waals surface area contributed by atoms with Crippen molar-refractivity contribution in [1.82, 2.24) is 4.90 Å². The highest BCUT2D eigenvalue weighted by Crippen LogP contribution is 2.13. The van der Waals surface area contributed by atoms with Gasteiger partial charge in [-0.1, -0.05) is 76.9 Å². The number of hydrogen-bond donors (Lipinski definition) is 1. The number of aliphatic imine (C=N–C) groups is 1. The van der Waals surface area contributed by atoms with Gasteiger partial charge in [-0.05, 0) is 39.0 Å². The molecule has 0 radical (unpaired) electrons. The van der Waals surface area contributed by atoms with Gasteiger partial charge < -0.3 is 10.6 Å². The molecule has 0 bridgehead atoms. The fourth-order valence-corrected chi connectivity index (χ4v) is 3.70. The maximum atomic E-state index is 5.98. The second kappa shape index (κ2) is 16.4. The lowest BCUT2D eigenvalue weighted by Gasteiger charge is -2.24. The standard InChI is InChI=1S/C23H45N3/c1-3-4-5-6-7-8-9-10-11-12-13-14-15-16-17-18-19-23-25-20-21-26(23)22(2)24/h14-15,22H,3-13,16-21,24H2,1-2H3/b15-14+. The van der Waals surface area contributed by atoms with Crippen molar-refractivity contribution >= 4 is 5.84 Å². The fraction of sp³-hybridized carbons (Fsp3) is 0.870. The zero-order chi connectivity index (χ0) is 18.9. The van der Waals surface area contributed by atoms with Crippen molar-refractivity contribution in [2.24, 2.45) is 10.7 Å². The summed E-state index contributed by atoms with van der Waals surface area (Å²) in [6, 6.07) is 0. The van der Waals surface area contributed by atoms with Crippen molar-refractivity contribution < 1.29 is 0 Å². The zero-order valence-corrected chi connectivity index (χ0v) is 17.7. The summed E-state index contributed by atoms with van der Waals surface area (Å²) in [7, 11) is 0. The Morgan fingerprint density at radius 3 is 2.00 bits per heavy atom. The van der Waals surface area contributed by atoms with E-state index in [0.29, 0.717) is 0 Å². The number of hydrogen-bond acceptors (Lipinski definition) is 3. The van der Waals surface area contributed by atoms with Crippen LogP contribution in [0.4, 0.5) is 0 Å². The van der Waals surface area contributed by atoms with Crippen molar-refractivity contribution in [3.05, 3.63) is 12.2 Å². The molecule has 3 nitrogen and oxygen atoms in total. The minimum Gasteiger partial charge on any atom is -0.343 e. The topological polar surface area (TPSA) is 41.6 Å². The molecule has 0 spiro atoms. The Labute approximate surface area is 163 Å². The van der Waals surface area contributed by atoms with Gasteiger partial charge in [0.15, 0.2) is 0 Å². The highest BCUT2D eigenvalue weighted by atomic mass is 15.3. The summed E-state index contributed by atoms with van der Waals surface area (Å²) < 4.78 is 0. The Kier molecular flexibility index (Phi) is 14.6. The molecule has 0 amide bonds. The number of allylic oxidation sites excluding steroid dienone is 2. The molecule has 0 aliphatic carbocycles. The van der Waals surface area contributed by atoms with Crippen LogP contribution in [-0.2, 0) is 0 Å². The van der Waals surface area contributed by atoms with Crippen molar-refractivity contribution in [3.63, 3.8) is 0 Å². The van der Waals surface area contributed by atoms with Crippen LogP contribution in [0.25, 0.3) is 0 Å². The van der Waals surface area contributed by atoms with Crippen LogP contribution in [0, 0.1) is 0 Å². The molecule has 1 aliphatic heterocycles. The largest absolute Gasteiger partial charge is 0.343 e. The van der Waals surface area contributed by atoms with Gasteiger partial charge in [0.1, 0.15) is 5.84 Å². The van der Waals surface area contributed by atoms with E-state index >= 15 is 0 Å². The Balaban J connectivity index is 1.82. The number of unbranched alkanes of at least 4 members (excludes halogenated alkanes) is 12. The molecule has 1 rings (SSSR count). The second-order valence-corrected chi connectivity index (χ2v) is 7.92. The zero-order valence-electron chi connectivity index (χ0n) is 17.7. The lowest BCUT2D eigenvalue weighted by Crippen LogP contribution is -2.41. The summed E-state index contributed by atoms with van der Waals surface area (Å²) in [5.74, 6) is 1.23. The normalized spacial score (nSPS) is 15.8. The number of amidine groups is 1. The summed E-state index contributed by atoms with van der Waals surface area (Å²) in [4.78, 5) is 6.84. The van der Waals surface area contributed by atoms with Crippen LogP contribution < -0.4 is 5.73 Å². The average Bonchev–Trinajstić information content (AvgIpc) is 3.10. The average molecular weight is 364 g/mol. The van der Waals surface area contributed by atoms with E-state index in [2.05, 4.69) is 35.9 Å². The van der Waals surface area contributed by atoms with Crippen LogP contribution in [0.15, 0.2) is 17.1 Å². The fourth-order valence-electron chi connectivity index (χ4n) is 3.70. The van der Waals surface area contributed by atoms with Crippen LogP contribution in [0.1, 0.15) is 110 Å². The third-order valence-electron chi connectivity index (χ3n) is 5.37. The summed E-state index contributed by atoms with van der Waals surface area (Å²) in [5.41, 5.74) is 5.98. The minimum atomic E-state index is 0.109. The lowest BCUT2D eigenvalue weighted by atomic mass is 10.1. The minimum absolute atomic E-state index is 0.109. The van der Waals surface area contributed by atoms with E-state index < -0.39 is 0 Å². The van der Waals surface area contributed by atoms with Gasteiger partial charge in [-0.2, -0.15) is 0 Å². The lowest BCUT2D eigenvalue weighted by molar-refractivity contribution is 0.359. The molecule has 152 valence electrons. The Morgan fingerprint density at radius 1 is 0.885 bits per heavy atom. The number of rotatable bonds is 17. The SMILES string of the molecule is CCCCCCCCCCCC/C=C/CCCCC1=NCCN1C(C)N. The van der Waals surface area contributed by atoms with Gasteiger partial charge in [0.25, 0.3) is 0 Å². The molecule has 3 heteroatoms. The van der Waals surface area contributed by atoms with E-state index in [1.54, 1.807) is 0 Å². The number of nitrogens with zero attached hydrogens (tertiary/aromatic N) is 2. The molecule has 0 saturated carbocycles. The molecule has 1 atom stereocenters. The van der Waals surface area contributed by atoms with E-state index in [1.165, 1.54) is 95.7 Å². The Bertz CT molecular complexity index is 374. The second-order valence-electron chi connectivity index (χ2n) is 7.92. The molecular weight excluding hydrogens is 318 g/mol. The first kappa shape index (κ1) is 23.2. The van der Waals surface area contributed by atoms with Crippen LogP contribution >= 0.6 is 0 Å². The molecule has 0 saturated heterocycles. The molecule has 0 aromatic heterocycles. The van der Waals surface area contributed by atoms with Gasteiger partial charge in [0.2, 0.25) is 0 Å². The smallest absolute Gasteiger partial charge is 0.100 e. The van der Waals surface area contributed by atoms with Gasteiger partial charge in [0.05, 0.1) is 12.7 Å². The molecule has 2 N–H and O–H groups in total. The first-order chi connectivity index (χ1) is 12.8. The van der Waals surface area contributed by atoms with E-state index in [4.69, 9.17) is 5.73 Å². The van der Waals surface area contributed by atoms with Crippen LogP contribution in [0.2, 0.25) is 0 Å². The van der Waals surface area contributed by atoms with Crippen molar-refractivity contribution in [2.75, 3.05) is 13.1 Å². The highest BCUT2D eigenvalue weighted by Gasteiger charge is 2.18. The summed E-state index contributed by atoms with van der Waals surface area (Å²) in [6.07, 6.45) is 25.2. The Hall–Kier alpha value is -0.830. The van der Waals surface area contributed by atoms with E-state index in [0.717, 1.165) is 19.5 Å². The third kappa shape index (κ3) is 11.7. The molecule has 1 heterocycles. The predicted molar refractivity (Wildman–Crippen MR) is 117 cm³/mol.